The summed E-state index contributed by atoms with van der Waals surface area (Å²) < 4.78 is 5.22. The Bertz CT molecular complexity index is 375. The highest BCUT2D eigenvalue weighted by molar-refractivity contribution is 5.84. The van der Waals surface area contributed by atoms with Crippen LogP contribution in [0.2, 0.25) is 0 Å². The molecular weight excluding hydrogens is 300 g/mol. The van der Waals surface area contributed by atoms with Crippen LogP contribution in [-0.2, 0) is 14.4 Å². The summed E-state index contributed by atoms with van der Waals surface area (Å²) in [5, 5.41) is 11.3. The Morgan fingerprint density at radius 2 is 1.87 bits per heavy atom. The quantitative estimate of drug-likeness (QED) is 0.489. The number of carbonyl (C=O) groups excluding carboxylic acids is 2. The van der Waals surface area contributed by atoms with E-state index >= 15 is 0 Å². The van der Waals surface area contributed by atoms with E-state index in [9.17, 15) is 9.59 Å². The summed E-state index contributed by atoms with van der Waals surface area (Å²) in [6.07, 6.45) is 5.63. The lowest BCUT2D eigenvalue weighted by Crippen LogP contribution is -2.49. The zero-order chi connectivity index (χ0) is 17.3. The Labute approximate surface area is 138 Å². The van der Waals surface area contributed by atoms with Gasteiger partial charge in [-0.25, -0.2) is 10.3 Å². The second-order valence-electron chi connectivity index (χ2n) is 6.98. The zero-order valence-corrected chi connectivity index (χ0v) is 14.4. The van der Waals surface area contributed by atoms with Crippen molar-refractivity contribution in [2.24, 2.45) is 5.92 Å². The maximum absolute atomic E-state index is 12.2. The molecule has 1 atom stereocenters. The Balaban J connectivity index is 2.58. The number of ether oxygens (including phenoxy) is 1. The fourth-order valence-electron chi connectivity index (χ4n) is 2.68. The summed E-state index contributed by atoms with van der Waals surface area (Å²) in [4.78, 5) is 29.0. The molecule has 1 saturated carbocycles. The second-order valence-corrected chi connectivity index (χ2v) is 6.98. The van der Waals surface area contributed by atoms with Crippen molar-refractivity contribution in [2.45, 2.75) is 70.9 Å². The van der Waals surface area contributed by atoms with Gasteiger partial charge in [0.15, 0.2) is 0 Å². The largest absolute Gasteiger partial charge is 0.444 e. The molecule has 134 valence electrons. The molecule has 0 bridgehead atoms. The van der Waals surface area contributed by atoms with Crippen molar-refractivity contribution in [3.05, 3.63) is 0 Å². The number of nitrogens with one attached hydrogen (secondary N) is 2. The maximum Gasteiger partial charge on any atom is 0.408 e. The number of aliphatic hydroxyl groups is 1. The van der Waals surface area contributed by atoms with E-state index in [1.807, 2.05) is 0 Å². The molecule has 0 unspecified atom stereocenters. The van der Waals surface area contributed by atoms with Crippen LogP contribution < -0.4 is 10.8 Å². The fourth-order valence-corrected chi connectivity index (χ4v) is 2.68. The Hall–Kier alpha value is -1.34. The molecular formula is C16H30N2O5. The van der Waals surface area contributed by atoms with E-state index in [-0.39, 0.29) is 13.2 Å². The molecule has 0 aromatic rings. The van der Waals surface area contributed by atoms with Crippen molar-refractivity contribution < 1.29 is 24.3 Å². The molecule has 2 amide bonds. The molecule has 0 aliphatic heterocycles. The zero-order valence-electron chi connectivity index (χ0n) is 14.4. The average molecular weight is 330 g/mol. The highest BCUT2D eigenvalue weighted by Crippen LogP contribution is 2.27. The first-order chi connectivity index (χ1) is 10.8. The number of rotatable bonds is 7. The normalized spacial score (nSPS) is 17.4. The molecule has 7 heteroatoms. The van der Waals surface area contributed by atoms with Crippen molar-refractivity contribution in [3.8, 4) is 0 Å². The van der Waals surface area contributed by atoms with E-state index < -0.39 is 23.6 Å². The van der Waals surface area contributed by atoms with Crippen LogP contribution in [0, 0.1) is 5.92 Å². The van der Waals surface area contributed by atoms with E-state index in [2.05, 4.69) is 10.8 Å². The van der Waals surface area contributed by atoms with Crippen LogP contribution in [-0.4, -0.2) is 42.0 Å². The van der Waals surface area contributed by atoms with Crippen molar-refractivity contribution in [1.82, 2.24) is 10.8 Å². The van der Waals surface area contributed by atoms with Gasteiger partial charge in [0.2, 0.25) is 0 Å². The Morgan fingerprint density at radius 3 is 2.43 bits per heavy atom. The van der Waals surface area contributed by atoms with Crippen LogP contribution in [0.15, 0.2) is 0 Å². The molecule has 23 heavy (non-hydrogen) atoms. The molecule has 0 spiro atoms. The van der Waals surface area contributed by atoms with Gasteiger partial charge in [-0.05, 0) is 33.1 Å². The topological polar surface area (TPSA) is 96.9 Å². The van der Waals surface area contributed by atoms with Gasteiger partial charge in [0.1, 0.15) is 11.6 Å². The van der Waals surface area contributed by atoms with Crippen molar-refractivity contribution in [3.63, 3.8) is 0 Å². The molecule has 0 aromatic carbocycles. The minimum absolute atomic E-state index is 0.00826. The van der Waals surface area contributed by atoms with Gasteiger partial charge in [-0.15, -0.1) is 0 Å². The number of amides is 2. The van der Waals surface area contributed by atoms with E-state index in [4.69, 9.17) is 14.7 Å². The Kier molecular flexibility index (Phi) is 8.33. The van der Waals surface area contributed by atoms with Crippen molar-refractivity contribution >= 4 is 12.0 Å². The average Bonchev–Trinajstić information content (AvgIpc) is 2.46. The van der Waals surface area contributed by atoms with Crippen molar-refractivity contribution in [1.29, 1.82) is 0 Å². The second kappa shape index (κ2) is 9.72. The summed E-state index contributed by atoms with van der Waals surface area (Å²) in [5.74, 6) is -0.0119. The highest BCUT2D eigenvalue weighted by Gasteiger charge is 2.28. The third-order valence-electron chi connectivity index (χ3n) is 3.67. The molecule has 7 nitrogen and oxygen atoms in total. The summed E-state index contributed by atoms with van der Waals surface area (Å²) in [6, 6.07) is -0.702. The van der Waals surface area contributed by atoms with Crippen LogP contribution in [0.5, 0.6) is 0 Å². The lowest BCUT2D eigenvalue weighted by molar-refractivity contribution is -0.137. The number of carbonyl (C=O) groups is 2. The first-order valence-electron chi connectivity index (χ1n) is 8.34. The number of hydroxylamine groups is 1. The standard InChI is InChI=1S/C16H30N2O5/c1-16(2,3)23-15(21)17-13(14(20)18-22-10-9-19)11-12-7-5-4-6-8-12/h12-13,19H,4-11H2,1-3H3,(H,17,21)(H,18,20)/t13-/m0/s1. The predicted octanol–water partition coefficient (Wildman–Crippen LogP) is 1.89. The van der Waals surface area contributed by atoms with E-state index in [1.165, 1.54) is 6.42 Å². The molecule has 0 radical (unpaired) electrons. The minimum atomic E-state index is -0.702. The van der Waals surface area contributed by atoms with Gasteiger partial charge in [0.05, 0.1) is 13.2 Å². The smallest absolute Gasteiger partial charge is 0.408 e. The predicted molar refractivity (Wildman–Crippen MR) is 85.5 cm³/mol. The molecule has 3 N–H and O–H groups in total. The van der Waals surface area contributed by atoms with Crippen LogP contribution in [0.4, 0.5) is 4.79 Å². The number of hydrogen-bond donors (Lipinski definition) is 3. The van der Waals surface area contributed by atoms with Gasteiger partial charge in [-0.1, -0.05) is 32.1 Å². The molecule has 1 fully saturated rings. The first kappa shape index (κ1) is 19.7. The third kappa shape index (κ3) is 8.76. The molecule has 0 saturated heterocycles. The summed E-state index contributed by atoms with van der Waals surface area (Å²) in [6.45, 7) is 5.13. The number of hydrogen-bond acceptors (Lipinski definition) is 5. The van der Waals surface area contributed by atoms with Crippen molar-refractivity contribution in [2.75, 3.05) is 13.2 Å². The Morgan fingerprint density at radius 1 is 1.22 bits per heavy atom. The molecule has 1 aliphatic rings. The van der Waals surface area contributed by atoms with Gasteiger partial charge in [0, 0.05) is 0 Å². The minimum Gasteiger partial charge on any atom is -0.444 e. The van der Waals surface area contributed by atoms with Gasteiger partial charge in [0.25, 0.3) is 5.91 Å². The summed E-state index contributed by atoms with van der Waals surface area (Å²) >= 11 is 0. The van der Waals surface area contributed by atoms with Crippen LogP contribution in [0.3, 0.4) is 0 Å². The molecule has 1 aliphatic carbocycles. The highest BCUT2D eigenvalue weighted by atomic mass is 16.7. The lowest BCUT2D eigenvalue weighted by Gasteiger charge is -2.27. The van der Waals surface area contributed by atoms with Crippen LogP contribution >= 0.6 is 0 Å². The number of alkyl carbamates (subject to hydrolysis) is 1. The third-order valence-corrected chi connectivity index (χ3v) is 3.67. The fraction of sp³-hybridized carbons (Fsp3) is 0.875. The van der Waals surface area contributed by atoms with E-state index in [0.717, 1.165) is 25.7 Å². The van der Waals surface area contributed by atoms with E-state index in [0.29, 0.717) is 12.3 Å². The monoisotopic (exact) mass is 330 g/mol. The number of aliphatic hydroxyl groups excluding tert-OH is 1. The first-order valence-corrected chi connectivity index (χ1v) is 8.34. The molecule has 0 aromatic heterocycles. The lowest BCUT2D eigenvalue weighted by atomic mass is 9.84. The summed E-state index contributed by atoms with van der Waals surface area (Å²) in [7, 11) is 0. The van der Waals surface area contributed by atoms with Gasteiger partial charge < -0.3 is 15.2 Å². The van der Waals surface area contributed by atoms with Gasteiger partial charge in [-0.3, -0.25) is 9.63 Å². The van der Waals surface area contributed by atoms with Gasteiger partial charge in [-0.2, -0.15) is 0 Å². The maximum atomic E-state index is 12.2. The van der Waals surface area contributed by atoms with Crippen LogP contribution in [0.1, 0.15) is 59.3 Å². The van der Waals surface area contributed by atoms with Gasteiger partial charge >= 0.3 is 6.09 Å². The SMILES string of the molecule is CC(C)(C)OC(=O)N[C@@H](CC1CCCCC1)C(=O)NOCCO. The summed E-state index contributed by atoms with van der Waals surface area (Å²) in [5.41, 5.74) is 1.65. The molecule has 1 rings (SSSR count). The van der Waals surface area contributed by atoms with E-state index in [1.54, 1.807) is 20.8 Å². The van der Waals surface area contributed by atoms with Crippen LogP contribution in [0.25, 0.3) is 0 Å². The molecule has 0 heterocycles.